The Balaban J connectivity index is 2.04. The van der Waals surface area contributed by atoms with Crippen LogP contribution in [0.3, 0.4) is 0 Å². The smallest absolute Gasteiger partial charge is 0.289 e. The second-order valence-corrected chi connectivity index (χ2v) is 3.85. The molecule has 1 amide bonds. The van der Waals surface area contributed by atoms with E-state index in [2.05, 4.69) is 15.3 Å². The van der Waals surface area contributed by atoms with Crippen molar-refractivity contribution in [2.24, 2.45) is 0 Å². The van der Waals surface area contributed by atoms with Gasteiger partial charge in [-0.2, -0.15) is 0 Å². The molecule has 6 nitrogen and oxygen atoms in total. The topological polar surface area (TPSA) is 77.3 Å². The molecule has 19 heavy (non-hydrogen) atoms. The molecule has 100 valence electrons. The van der Waals surface area contributed by atoms with Crippen LogP contribution in [0.1, 0.15) is 28.7 Å². The first-order chi connectivity index (χ1) is 9.26. The Labute approximate surface area is 110 Å². The van der Waals surface area contributed by atoms with E-state index in [-0.39, 0.29) is 11.7 Å². The normalized spacial score (nSPS) is 10.2. The average molecular weight is 261 g/mol. The molecule has 0 saturated heterocycles. The number of hydrogen-bond donors (Lipinski definition) is 1. The van der Waals surface area contributed by atoms with E-state index < -0.39 is 0 Å². The minimum atomic E-state index is -0.284. The van der Waals surface area contributed by atoms with Crippen LogP contribution < -0.4 is 10.1 Å². The number of nitrogens with one attached hydrogen (secondary N) is 1. The van der Waals surface area contributed by atoms with E-state index in [9.17, 15) is 4.79 Å². The van der Waals surface area contributed by atoms with Crippen LogP contribution in [0.25, 0.3) is 0 Å². The summed E-state index contributed by atoms with van der Waals surface area (Å²) in [6.07, 6.45) is 5.18. The molecule has 6 heteroatoms. The Hall–Kier alpha value is -2.37. The lowest BCUT2D eigenvalue weighted by Crippen LogP contribution is -2.23. The van der Waals surface area contributed by atoms with Gasteiger partial charge in [0.25, 0.3) is 5.91 Å². The van der Waals surface area contributed by atoms with E-state index in [0.717, 1.165) is 5.56 Å². The molecule has 0 aromatic carbocycles. The Morgan fingerprint density at radius 3 is 3.11 bits per heavy atom. The number of methoxy groups -OCH3 is 1. The van der Waals surface area contributed by atoms with Crippen LogP contribution in [0.2, 0.25) is 0 Å². The highest BCUT2D eigenvalue weighted by atomic mass is 16.5. The van der Waals surface area contributed by atoms with Crippen molar-refractivity contribution < 1.29 is 13.9 Å². The molecule has 2 rings (SSSR count). The van der Waals surface area contributed by atoms with Crippen LogP contribution in [0.15, 0.2) is 29.3 Å². The van der Waals surface area contributed by atoms with Crippen molar-refractivity contribution in [3.63, 3.8) is 0 Å². The third-order valence-corrected chi connectivity index (χ3v) is 2.71. The van der Waals surface area contributed by atoms with Crippen molar-refractivity contribution in [1.29, 1.82) is 0 Å². The number of carbonyl (C=O) groups is 1. The molecule has 0 radical (unpaired) electrons. The predicted octanol–water partition coefficient (Wildman–Crippen LogP) is 1.57. The van der Waals surface area contributed by atoms with Gasteiger partial charge in [0.15, 0.2) is 6.39 Å². The van der Waals surface area contributed by atoms with Gasteiger partial charge in [-0.1, -0.05) is 6.92 Å². The number of rotatable bonds is 5. The quantitative estimate of drug-likeness (QED) is 0.884. The maximum Gasteiger partial charge on any atom is 0.289 e. The zero-order valence-electron chi connectivity index (χ0n) is 10.8. The van der Waals surface area contributed by atoms with Gasteiger partial charge in [-0.25, -0.2) is 4.98 Å². The maximum absolute atomic E-state index is 12.0. The second-order valence-electron chi connectivity index (χ2n) is 3.85. The van der Waals surface area contributed by atoms with Gasteiger partial charge in [0.2, 0.25) is 5.76 Å². The Morgan fingerprint density at radius 1 is 1.53 bits per heavy atom. The number of oxazole rings is 1. The summed E-state index contributed by atoms with van der Waals surface area (Å²) in [7, 11) is 1.56. The summed E-state index contributed by atoms with van der Waals surface area (Å²) in [6.45, 7) is 2.26. The minimum absolute atomic E-state index is 0.260. The van der Waals surface area contributed by atoms with E-state index in [4.69, 9.17) is 9.15 Å². The maximum atomic E-state index is 12.0. The third kappa shape index (κ3) is 2.90. The molecule has 2 aromatic heterocycles. The van der Waals surface area contributed by atoms with Crippen molar-refractivity contribution in [3.8, 4) is 5.75 Å². The van der Waals surface area contributed by atoms with Crippen LogP contribution >= 0.6 is 0 Å². The molecule has 0 aliphatic heterocycles. The summed E-state index contributed by atoms with van der Waals surface area (Å²) < 4.78 is 10.3. The SMILES string of the molecule is CCc1ncoc1C(=O)NCc1ccncc1OC. The highest BCUT2D eigenvalue weighted by Crippen LogP contribution is 2.15. The summed E-state index contributed by atoms with van der Waals surface area (Å²) in [5.74, 6) is 0.611. The molecule has 0 aliphatic rings. The van der Waals surface area contributed by atoms with Crippen molar-refractivity contribution in [2.75, 3.05) is 7.11 Å². The lowest BCUT2D eigenvalue weighted by atomic mass is 10.2. The molecule has 0 aliphatic carbocycles. The van der Waals surface area contributed by atoms with Gasteiger partial charge in [0, 0.05) is 18.3 Å². The average Bonchev–Trinajstić information content (AvgIpc) is 2.93. The summed E-state index contributed by atoms with van der Waals surface area (Å²) in [5.41, 5.74) is 1.50. The van der Waals surface area contributed by atoms with Gasteiger partial charge in [-0.05, 0) is 12.5 Å². The molecule has 0 saturated carbocycles. The fourth-order valence-electron chi connectivity index (χ4n) is 1.70. The molecule has 1 N–H and O–H groups in total. The molecule has 0 bridgehead atoms. The number of aromatic nitrogens is 2. The summed E-state index contributed by atoms with van der Waals surface area (Å²) in [5, 5.41) is 2.77. The van der Waals surface area contributed by atoms with Gasteiger partial charge in [0.05, 0.1) is 19.0 Å². The van der Waals surface area contributed by atoms with E-state index in [1.807, 2.05) is 6.92 Å². The highest BCUT2D eigenvalue weighted by molar-refractivity contribution is 5.92. The van der Waals surface area contributed by atoms with Gasteiger partial charge >= 0.3 is 0 Å². The van der Waals surface area contributed by atoms with E-state index in [1.165, 1.54) is 6.39 Å². The molecule has 0 atom stereocenters. The number of hydrogen-bond acceptors (Lipinski definition) is 5. The number of pyridine rings is 1. The van der Waals surface area contributed by atoms with E-state index in [1.54, 1.807) is 25.6 Å². The first-order valence-corrected chi connectivity index (χ1v) is 5.93. The first kappa shape index (κ1) is 13.1. The Morgan fingerprint density at radius 2 is 2.37 bits per heavy atom. The van der Waals surface area contributed by atoms with Crippen LogP contribution in [0, 0.1) is 0 Å². The summed E-state index contributed by atoms with van der Waals surface area (Å²) in [6, 6.07) is 1.79. The molecular formula is C13H15N3O3. The van der Waals surface area contributed by atoms with Gasteiger partial charge in [0.1, 0.15) is 5.75 Å². The van der Waals surface area contributed by atoms with E-state index >= 15 is 0 Å². The Kier molecular flexibility index (Phi) is 4.12. The van der Waals surface area contributed by atoms with Crippen LogP contribution in [-0.4, -0.2) is 23.0 Å². The number of nitrogens with zero attached hydrogens (tertiary/aromatic N) is 2. The van der Waals surface area contributed by atoms with Gasteiger partial charge < -0.3 is 14.5 Å². The Bertz CT molecular complexity index is 566. The molecule has 0 fully saturated rings. The highest BCUT2D eigenvalue weighted by Gasteiger charge is 2.15. The van der Waals surface area contributed by atoms with Crippen molar-refractivity contribution in [1.82, 2.24) is 15.3 Å². The van der Waals surface area contributed by atoms with Crippen molar-refractivity contribution in [3.05, 3.63) is 41.9 Å². The van der Waals surface area contributed by atoms with Crippen LogP contribution in [0.4, 0.5) is 0 Å². The van der Waals surface area contributed by atoms with Crippen molar-refractivity contribution in [2.45, 2.75) is 19.9 Å². The van der Waals surface area contributed by atoms with E-state index in [0.29, 0.717) is 24.4 Å². The lowest BCUT2D eigenvalue weighted by molar-refractivity contribution is 0.0921. The van der Waals surface area contributed by atoms with Crippen LogP contribution in [0.5, 0.6) is 5.75 Å². The van der Waals surface area contributed by atoms with Crippen molar-refractivity contribution >= 4 is 5.91 Å². The standard InChI is InChI=1S/C13H15N3O3/c1-3-10-12(19-8-16-10)13(17)15-6-9-4-5-14-7-11(9)18-2/h4-5,7-8H,3,6H2,1-2H3,(H,15,17). The minimum Gasteiger partial charge on any atom is -0.495 e. The molecule has 2 aromatic rings. The second kappa shape index (κ2) is 5.99. The number of carbonyl (C=O) groups excluding carboxylic acids is 1. The summed E-state index contributed by atoms with van der Waals surface area (Å²) in [4.78, 5) is 19.9. The molecule has 0 spiro atoms. The first-order valence-electron chi connectivity index (χ1n) is 5.93. The lowest BCUT2D eigenvalue weighted by Gasteiger charge is -2.08. The molecule has 2 heterocycles. The van der Waals surface area contributed by atoms with Crippen LogP contribution in [-0.2, 0) is 13.0 Å². The fraction of sp³-hybridized carbons (Fsp3) is 0.308. The summed E-state index contributed by atoms with van der Waals surface area (Å²) >= 11 is 0. The zero-order valence-corrected chi connectivity index (χ0v) is 10.8. The fourth-order valence-corrected chi connectivity index (χ4v) is 1.70. The number of ether oxygens (including phenoxy) is 1. The number of amides is 1. The van der Waals surface area contributed by atoms with Gasteiger partial charge in [-0.3, -0.25) is 9.78 Å². The predicted molar refractivity (Wildman–Crippen MR) is 67.8 cm³/mol. The third-order valence-electron chi connectivity index (χ3n) is 2.71. The van der Waals surface area contributed by atoms with Gasteiger partial charge in [-0.15, -0.1) is 0 Å². The molecular weight excluding hydrogens is 246 g/mol. The molecule has 0 unspecified atom stereocenters. The number of aryl methyl sites for hydroxylation is 1. The zero-order chi connectivity index (χ0) is 13.7. The largest absolute Gasteiger partial charge is 0.495 e. The monoisotopic (exact) mass is 261 g/mol.